The van der Waals surface area contributed by atoms with Gasteiger partial charge in [0, 0.05) is 22.7 Å². The van der Waals surface area contributed by atoms with Crippen molar-refractivity contribution in [2.75, 3.05) is 0 Å². The summed E-state index contributed by atoms with van der Waals surface area (Å²) in [6.07, 6.45) is 0. The van der Waals surface area contributed by atoms with Crippen LogP contribution >= 0.6 is 22.9 Å². The Morgan fingerprint density at radius 1 is 1.55 bits per heavy atom. The maximum absolute atomic E-state index is 11.9. The van der Waals surface area contributed by atoms with Gasteiger partial charge in [0.25, 0.3) is 11.6 Å². The van der Waals surface area contributed by atoms with Crippen LogP contribution < -0.4 is 5.32 Å². The molecule has 0 bridgehead atoms. The molecule has 0 radical (unpaired) electrons. The van der Waals surface area contributed by atoms with Gasteiger partial charge in [0.2, 0.25) is 0 Å². The van der Waals surface area contributed by atoms with Gasteiger partial charge < -0.3 is 5.32 Å². The average molecular weight is 312 g/mol. The highest BCUT2D eigenvalue weighted by Crippen LogP contribution is 2.25. The molecular weight excluding hydrogens is 302 g/mol. The standard InChI is InChI=1S/C12H10ClN3O3S/c1-7-6-20-11(15-7)5-14-12(17)8-2-3-9(13)10(4-8)16(18)19/h2-4,6H,5H2,1H3,(H,14,17). The van der Waals surface area contributed by atoms with Gasteiger partial charge in [0.1, 0.15) is 10.0 Å². The van der Waals surface area contributed by atoms with Crippen LogP contribution in [0.2, 0.25) is 5.02 Å². The number of halogens is 1. The Kier molecular flexibility index (Phi) is 4.31. The fraction of sp³-hybridized carbons (Fsp3) is 0.167. The molecule has 0 aliphatic carbocycles. The molecule has 1 aromatic heterocycles. The molecule has 1 aromatic carbocycles. The lowest BCUT2D eigenvalue weighted by Crippen LogP contribution is -2.22. The summed E-state index contributed by atoms with van der Waals surface area (Å²) in [5, 5.41) is 16.1. The summed E-state index contributed by atoms with van der Waals surface area (Å²) in [6.45, 7) is 2.15. The van der Waals surface area contributed by atoms with E-state index in [4.69, 9.17) is 11.6 Å². The summed E-state index contributed by atoms with van der Waals surface area (Å²) in [5.74, 6) is -0.405. The van der Waals surface area contributed by atoms with Crippen molar-refractivity contribution in [2.24, 2.45) is 0 Å². The predicted octanol–water partition coefficient (Wildman–Crippen LogP) is 2.94. The number of nitrogens with zero attached hydrogens (tertiary/aromatic N) is 2. The average Bonchev–Trinajstić information content (AvgIpc) is 2.82. The van der Waals surface area contributed by atoms with E-state index in [-0.39, 0.29) is 22.8 Å². The van der Waals surface area contributed by atoms with E-state index in [0.29, 0.717) is 0 Å². The van der Waals surface area contributed by atoms with E-state index in [0.717, 1.165) is 16.8 Å². The third-order valence-corrected chi connectivity index (χ3v) is 3.76. The van der Waals surface area contributed by atoms with Crippen LogP contribution in [-0.2, 0) is 6.54 Å². The second-order valence-corrected chi connectivity index (χ2v) is 5.34. The summed E-state index contributed by atoms with van der Waals surface area (Å²) in [7, 11) is 0. The molecular formula is C12H10ClN3O3S. The number of carbonyl (C=O) groups is 1. The lowest BCUT2D eigenvalue weighted by atomic mass is 10.2. The highest BCUT2D eigenvalue weighted by molar-refractivity contribution is 7.09. The number of rotatable bonds is 4. The Hall–Kier alpha value is -1.99. The Bertz CT molecular complexity index is 672. The topological polar surface area (TPSA) is 85.1 Å². The number of benzene rings is 1. The summed E-state index contributed by atoms with van der Waals surface area (Å²) in [5.41, 5.74) is 0.792. The third-order valence-electron chi connectivity index (χ3n) is 2.47. The van der Waals surface area contributed by atoms with Crippen molar-refractivity contribution in [1.29, 1.82) is 0 Å². The number of nitro benzene ring substituents is 1. The maximum Gasteiger partial charge on any atom is 0.288 e. The van der Waals surface area contributed by atoms with E-state index >= 15 is 0 Å². The first-order valence-electron chi connectivity index (χ1n) is 5.60. The Morgan fingerprint density at radius 2 is 2.30 bits per heavy atom. The van der Waals surface area contributed by atoms with E-state index in [1.54, 1.807) is 0 Å². The fourth-order valence-corrected chi connectivity index (χ4v) is 2.43. The van der Waals surface area contributed by atoms with Crippen molar-refractivity contribution in [1.82, 2.24) is 10.3 Å². The van der Waals surface area contributed by atoms with Crippen molar-refractivity contribution in [3.05, 3.63) is 55.0 Å². The molecule has 0 fully saturated rings. The highest BCUT2D eigenvalue weighted by atomic mass is 35.5. The molecule has 0 aliphatic heterocycles. The van der Waals surface area contributed by atoms with Gasteiger partial charge in [0.05, 0.1) is 11.5 Å². The second kappa shape index (κ2) is 5.98. The van der Waals surface area contributed by atoms with Crippen LogP contribution in [0.5, 0.6) is 0 Å². The van der Waals surface area contributed by atoms with Crippen molar-refractivity contribution >= 4 is 34.5 Å². The number of nitro groups is 1. The maximum atomic E-state index is 11.9. The van der Waals surface area contributed by atoms with Crippen LogP contribution in [0.25, 0.3) is 0 Å². The van der Waals surface area contributed by atoms with Gasteiger partial charge in [-0.2, -0.15) is 0 Å². The number of aromatic nitrogens is 1. The molecule has 1 heterocycles. The number of thiazole rings is 1. The highest BCUT2D eigenvalue weighted by Gasteiger charge is 2.16. The number of carbonyl (C=O) groups excluding carboxylic acids is 1. The van der Waals surface area contributed by atoms with Crippen molar-refractivity contribution < 1.29 is 9.72 Å². The Morgan fingerprint density at radius 3 is 2.90 bits per heavy atom. The molecule has 0 saturated heterocycles. The summed E-state index contributed by atoms with van der Waals surface area (Å²) < 4.78 is 0. The van der Waals surface area contributed by atoms with Crippen LogP contribution in [-0.4, -0.2) is 15.8 Å². The van der Waals surface area contributed by atoms with Gasteiger partial charge in [-0.15, -0.1) is 11.3 Å². The van der Waals surface area contributed by atoms with Crippen molar-refractivity contribution in [3.63, 3.8) is 0 Å². The van der Waals surface area contributed by atoms with Crippen molar-refractivity contribution in [2.45, 2.75) is 13.5 Å². The molecule has 2 rings (SSSR count). The summed E-state index contributed by atoms with van der Waals surface area (Å²) in [4.78, 5) is 26.3. The molecule has 0 unspecified atom stereocenters. The van der Waals surface area contributed by atoms with Gasteiger partial charge >= 0.3 is 0 Å². The number of nitrogens with one attached hydrogen (secondary N) is 1. The van der Waals surface area contributed by atoms with Crippen LogP contribution in [0, 0.1) is 17.0 Å². The normalized spacial score (nSPS) is 10.3. The van der Waals surface area contributed by atoms with E-state index in [9.17, 15) is 14.9 Å². The largest absolute Gasteiger partial charge is 0.346 e. The monoisotopic (exact) mass is 311 g/mol. The zero-order valence-electron chi connectivity index (χ0n) is 10.4. The van der Waals surface area contributed by atoms with Gasteiger partial charge in [-0.3, -0.25) is 14.9 Å². The molecule has 0 aliphatic rings. The van der Waals surface area contributed by atoms with Gasteiger partial charge in [-0.1, -0.05) is 11.6 Å². The zero-order chi connectivity index (χ0) is 14.7. The quantitative estimate of drug-likeness (QED) is 0.695. The van der Waals surface area contributed by atoms with Gasteiger partial charge in [-0.25, -0.2) is 4.98 Å². The molecule has 2 aromatic rings. The number of hydrogen-bond acceptors (Lipinski definition) is 5. The minimum absolute atomic E-state index is 0.00194. The fourth-order valence-electron chi connectivity index (χ4n) is 1.54. The summed E-state index contributed by atoms with van der Waals surface area (Å²) in [6, 6.07) is 3.94. The SMILES string of the molecule is Cc1csc(CNC(=O)c2ccc(Cl)c([N+](=O)[O-])c2)n1. The van der Waals surface area contributed by atoms with E-state index < -0.39 is 10.8 Å². The molecule has 6 nitrogen and oxygen atoms in total. The summed E-state index contributed by atoms with van der Waals surface area (Å²) >= 11 is 7.13. The second-order valence-electron chi connectivity index (χ2n) is 3.99. The van der Waals surface area contributed by atoms with Crippen LogP contribution in [0.1, 0.15) is 21.1 Å². The molecule has 1 N–H and O–H groups in total. The Balaban J connectivity index is 2.09. The minimum atomic E-state index is -0.622. The lowest BCUT2D eigenvalue weighted by Gasteiger charge is -2.03. The van der Waals surface area contributed by atoms with E-state index in [1.807, 2.05) is 12.3 Å². The first-order chi connectivity index (χ1) is 9.47. The van der Waals surface area contributed by atoms with Gasteiger partial charge in [0.15, 0.2) is 0 Å². The number of hydrogen-bond donors (Lipinski definition) is 1. The molecule has 1 amide bonds. The smallest absolute Gasteiger partial charge is 0.288 e. The predicted molar refractivity (Wildman–Crippen MR) is 76.1 cm³/mol. The van der Waals surface area contributed by atoms with Crippen LogP contribution in [0.3, 0.4) is 0 Å². The lowest BCUT2D eigenvalue weighted by molar-refractivity contribution is -0.384. The van der Waals surface area contributed by atoms with Crippen molar-refractivity contribution in [3.8, 4) is 0 Å². The van der Waals surface area contributed by atoms with Crippen LogP contribution in [0.15, 0.2) is 23.6 Å². The Labute approximate surface area is 123 Å². The number of aryl methyl sites for hydroxylation is 1. The molecule has 0 saturated carbocycles. The molecule has 8 heteroatoms. The zero-order valence-corrected chi connectivity index (χ0v) is 12.0. The molecule has 104 valence electrons. The van der Waals surface area contributed by atoms with E-state index in [2.05, 4.69) is 10.3 Å². The first-order valence-corrected chi connectivity index (χ1v) is 6.86. The number of amides is 1. The molecule has 0 atom stereocenters. The van der Waals surface area contributed by atoms with E-state index in [1.165, 1.54) is 23.5 Å². The molecule has 0 spiro atoms. The minimum Gasteiger partial charge on any atom is -0.346 e. The first kappa shape index (κ1) is 14.4. The van der Waals surface area contributed by atoms with Crippen LogP contribution in [0.4, 0.5) is 5.69 Å². The molecule has 20 heavy (non-hydrogen) atoms. The third kappa shape index (κ3) is 3.31. The van der Waals surface area contributed by atoms with Gasteiger partial charge in [-0.05, 0) is 19.1 Å².